The summed E-state index contributed by atoms with van der Waals surface area (Å²) >= 11 is 1.90. The maximum atomic E-state index is 10.9. The van der Waals surface area contributed by atoms with Crippen LogP contribution in [0.5, 0.6) is 11.5 Å². The summed E-state index contributed by atoms with van der Waals surface area (Å²) in [4.78, 5) is 1.31. The summed E-state index contributed by atoms with van der Waals surface area (Å²) in [6.07, 6.45) is 7.31. The number of benzene rings is 1. The molecule has 0 saturated carbocycles. The Kier molecular flexibility index (Phi) is 5.96. The van der Waals surface area contributed by atoms with E-state index in [1.54, 1.807) is 0 Å². The standard InChI is InChI=1S/C23H34O2S/c1-6-7-8-10-15(2)16(3)17-13-19(24)21-18-11-9-12-26-22(18)23(4,5)25-20(21)14-17/h13-16,24H,6-12H2,1-5H3. The van der Waals surface area contributed by atoms with Gasteiger partial charge in [-0.05, 0) is 67.5 Å². The fraction of sp³-hybridized carbons (Fsp3) is 0.652. The van der Waals surface area contributed by atoms with Crippen LogP contribution in [-0.4, -0.2) is 16.5 Å². The van der Waals surface area contributed by atoms with E-state index in [0.29, 0.717) is 17.6 Å². The lowest BCUT2D eigenvalue weighted by Crippen LogP contribution is -2.34. The maximum Gasteiger partial charge on any atom is 0.134 e. The molecule has 1 N–H and O–H groups in total. The molecule has 2 aliphatic heterocycles. The molecule has 2 heterocycles. The smallest absolute Gasteiger partial charge is 0.134 e. The summed E-state index contributed by atoms with van der Waals surface area (Å²) in [5.41, 5.74) is 3.16. The number of ether oxygens (including phenoxy) is 1. The molecular weight excluding hydrogens is 340 g/mol. The first kappa shape index (κ1) is 19.7. The summed E-state index contributed by atoms with van der Waals surface area (Å²) in [6, 6.07) is 4.19. The van der Waals surface area contributed by atoms with E-state index in [2.05, 4.69) is 40.7 Å². The van der Waals surface area contributed by atoms with E-state index < -0.39 is 0 Å². The number of phenols is 1. The molecule has 3 heteroatoms. The van der Waals surface area contributed by atoms with E-state index >= 15 is 0 Å². The molecule has 2 nitrogen and oxygen atoms in total. The lowest BCUT2D eigenvalue weighted by molar-refractivity contribution is 0.152. The van der Waals surface area contributed by atoms with Crippen molar-refractivity contribution < 1.29 is 9.84 Å². The van der Waals surface area contributed by atoms with E-state index in [0.717, 1.165) is 23.5 Å². The Hall–Kier alpha value is -1.09. The van der Waals surface area contributed by atoms with E-state index in [1.807, 2.05) is 17.8 Å². The number of hydrogen-bond acceptors (Lipinski definition) is 3. The zero-order valence-corrected chi connectivity index (χ0v) is 17.8. The minimum absolute atomic E-state index is 0.297. The Labute approximate surface area is 163 Å². The van der Waals surface area contributed by atoms with Gasteiger partial charge in [0.1, 0.15) is 17.1 Å². The van der Waals surface area contributed by atoms with Gasteiger partial charge in [0.05, 0.1) is 5.56 Å². The van der Waals surface area contributed by atoms with E-state index in [9.17, 15) is 5.11 Å². The van der Waals surface area contributed by atoms with Crippen LogP contribution in [0.3, 0.4) is 0 Å². The highest BCUT2D eigenvalue weighted by molar-refractivity contribution is 8.03. The zero-order chi connectivity index (χ0) is 18.9. The zero-order valence-electron chi connectivity index (χ0n) is 17.0. The molecule has 0 saturated heterocycles. The van der Waals surface area contributed by atoms with Crippen molar-refractivity contribution in [1.29, 1.82) is 0 Å². The Morgan fingerprint density at radius 1 is 1.23 bits per heavy atom. The predicted molar refractivity (Wildman–Crippen MR) is 113 cm³/mol. The van der Waals surface area contributed by atoms with Gasteiger partial charge in [0.25, 0.3) is 0 Å². The van der Waals surface area contributed by atoms with Crippen LogP contribution < -0.4 is 4.74 Å². The van der Waals surface area contributed by atoms with Crippen LogP contribution in [0.4, 0.5) is 0 Å². The van der Waals surface area contributed by atoms with Crippen LogP contribution >= 0.6 is 11.8 Å². The fourth-order valence-corrected chi connectivity index (χ4v) is 5.54. The minimum Gasteiger partial charge on any atom is -0.507 e. The molecule has 0 amide bonds. The molecule has 0 radical (unpaired) electrons. The number of allylic oxidation sites excluding steroid dienone is 1. The third-order valence-electron chi connectivity index (χ3n) is 6.05. The normalized spacial score (nSPS) is 20.8. The summed E-state index contributed by atoms with van der Waals surface area (Å²) in [7, 11) is 0. The number of hydrogen-bond donors (Lipinski definition) is 1. The van der Waals surface area contributed by atoms with Gasteiger partial charge >= 0.3 is 0 Å². The van der Waals surface area contributed by atoms with Crippen LogP contribution in [-0.2, 0) is 0 Å². The summed E-state index contributed by atoms with van der Waals surface area (Å²) in [5.74, 6) is 3.45. The average molecular weight is 375 g/mol. The highest BCUT2D eigenvalue weighted by Crippen LogP contribution is 2.53. The molecule has 0 spiro atoms. The second-order valence-electron chi connectivity index (χ2n) is 8.55. The maximum absolute atomic E-state index is 10.9. The molecule has 0 bridgehead atoms. The van der Waals surface area contributed by atoms with E-state index in [-0.39, 0.29) is 5.60 Å². The van der Waals surface area contributed by atoms with Crippen LogP contribution in [0.1, 0.15) is 90.2 Å². The molecular formula is C23H34O2S. The Morgan fingerprint density at radius 2 is 2.00 bits per heavy atom. The predicted octanol–water partition coefficient (Wildman–Crippen LogP) is 7.12. The minimum atomic E-state index is -0.297. The third kappa shape index (κ3) is 3.78. The van der Waals surface area contributed by atoms with Crippen LogP contribution in [0.25, 0.3) is 5.57 Å². The molecule has 2 aliphatic rings. The molecule has 0 aliphatic carbocycles. The number of fused-ring (bicyclic) bond motifs is 2. The Bertz CT molecular complexity index is 690. The number of rotatable bonds is 6. The van der Waals surface area contributed by atoms with Gasteiger partial charge in [-0.1, -0.05) is 46.5 Å². The van der Waals surface area contributed by atoms with Crippen molar-refractivity contribution in [3.05, 3.63) is 28.2 Å². The second-order valence-corrected chi connectivity index (χ2v) is 9.65. The van der Waals surface area contributed by atoms with Gasteiger partial charge in [-0.3, -0.25) is 0 Å². The first-order chi connectivity index (χ1) is 12.3. The lowest BCUT2D eigenvalue weighted by atomic mass is 9.83. The molecule has 0 aromatic heterocycles. The highest BCUT2D eigenvalue weighted by Gasteiger charge is 2.38. The van der Waals surface area contributed by atoms with Crippen molar-refractivity contribution in [1.82, 2.24) is 0 Å². The van der Waals surface area contributed by atoms with Gasteiger partial charge in [-0.25, -0.2) is 0 Å². The van der Waals surface area contributed by atoms with Crippen LogP contribution in [0.2, 0.25) is 0 Å². The van der Waals surface area contributed by atoms with Gasteiger partial charge in [0.2, 0.25) is 0 Å². The fourth-order valence-electron chi connectivity index (χ4n) is 4.28. The molecule has 1 aromatic rings. The number of phenolic OH excluding ortho intramolecular Hbond substituents is 1. The quantitative estimate of drug-likeness (QED) is 0.537. The number of aromatic hydroxyl groups is 1. The van der Waals surface area contributed by atoms with Gasteiger partial charge < -0.3 is 9.84 Å². The van der Waals surface area contributed by atoms with Crippen LogP contribution in [0, 0.1) is 5.92 Å². The lowest BCUT2D eigenvalue weighted by Gasteiger charge is -2.39. The van der Waals surface area contributed by atoms with Gasteiger partial charge in [0, 0.05) is 4.91 Å². The molecule has 2 atom stereocenters. The molecule has 26 heavy (non-hydrogen) atoms. The number of thioether (sulfide) groups is 1. The largest absolute Gasteiger partial charge is 0.507 e. The average Bonchev–Trinajstić information content (AvgIpc) is 2.60. The summed E-state index contributed by atoms with van der Waals surface area (Å²) in [5, 5.41) is 10.9. The van der Waals surface area contributed by atoms with Crippen molar-refractivity contribution >= 4 is 17.3 Å². The number of unbranched alkanes of at least 4 members (excludes halogenated alkanes) is 2. The third-order valence-corrected chi connectivity index (χ3v) is 7.57. The van der Waals surface area contributed by atoms with Crippen molar-refractivity contribution in [3.8, 4) is 11.5 Å². The summed E-state index contributed by atoms with van der Waals surface area (Å²) in [6.45, 7) is 11.2. The highest BCUT2D eigenvalue weighted by atomic mass is 32.2. The molecule has 2 unspecified atom stereocenters. The first-order valence-corrected chi connectivity index (χ1v) is 11.3. The van der Waals surface area contributed by atoms with Gasteiger partial charge in [-0.2, -0.15) is 0 Å². The molecule has 144 valence electrons. The van der Waals surface area contributed by atoms with Crippen LogP contribution in [0.15, 0.2) is 17.0 Å². The van der Waals surface area contributed by atoms with Crippen molar-refractivity contribution in [2.24, 2.45) is 5.92 Å². The van der Waals surface area contributed by atoms with Gasteiger partial charge in [-0.15, -0.1) is 11.8 Å². The van der Waals surface area contributed by atoms with Crippen molar-refractivity contribution in [2.75, 3.05) is 5.75 Å². The molecule has 1 aromatic carbocycles. The molecule has 3 rings (SSSR count). The summed E-state index contributed by atoms with van der Waals surface area (Å²) < 4.78 is 6.40. The first-order valence-electron chi connectivity index (χ1n) is 10.3. The van der Waals surface area contributed by atoms with E-state index in [4.69, 9.17) is 4.74 Å². The topological polar surface area (TPSA) is 29.5 Å². The van der Waals surface area contributed by atoms with Crippen molar-refractivity contribution in [3.63, 3.8) is 0 Å². The monoisotopic (exact) mass is 374 g/mol. The van der Waals surface area contributed by atoms with Gasteiger partial charge in [0.15, 0.2) is 0 Å². The SMILES string of the molecule is CCCCCC(C)C(C)c1cc(O)c2c(c1)OC(C)(C)C1=C2CCCS1. The Morgan fingerprint density at radius 3 is 2.73 bits per heavy atom. The second kappa shape index (κ2) is 7.88. The van der Waals surface area contributed by atoms with E-state index in [1.165, 1.54) is 48.1 Å². The van der Waals surface area contributed by atoms with Crippen molar-refractivity contribution in [2.45, 2.75) is 84.7 Å². The molecule has 0 fully saturated rings. The Balaban J connectivity index is 1.92.